The minimum Gasteiger partial charge on any atom is -0.493 e. The molecule has 0 fully saturated rings. The van der Waals surface area contributed by atoms with Crippen molar-refractivity contribution in [3.63, 3.8) is 0 Å². The van der Waals surface area contributed by atoms with Crippen LogP contribution in [-0.4, -0.2) is 18.6 Å². The number of hydrogen-bond acceptors (Lipinski definition) is 4. The molecule has 0 N–H and O–H groups in total. The van der Waals surface area contributed by atoms with Crippen molar-refractivity contribution >= 4 is 6.08 Å². The zero-order valence-corrected chi connectivity index (χ0v) is 10.4. The topological polar surface area (TPSA) is 61.6 Å². The fraction of sp³-hybridized carbons (Fsp3) is 0.333. The summed E-state index contributed by atoms with van der Waals surface area (Å²) < 4.78 is 33.6. The number of rotatable bonds is 6. The second-order valence-corrected chi connectivity index (χ2v) is 3.54. The molecule has 1 aromatic rings. The molecule has 7 heteroatoms. The second kappa shape index (κ2) is 6.67. The molecule has 0 saturated carbocycles. The van der Waals surface area contributed by atoms with E-state index in [1.165, 1.54) is 31.4 Å². The van der Waals surface area contributed by atoms with Crippen LogP contribution in [0.1, 0.15) is 18.9 Å². The summed E-state index contributed by atoms with van der Waals surface area (Å²) >= 11 is 0. The van der Waals surface area contributed by atoms with Gasteiger partial charge in [-0.1, -0.05) is 13.0 Å². The van der Waals surface area contributed by atoms with Crippen molar-refractivity contribution in [3.05, 3.63) is 39.6 Å². The highest BCUT2D eigenvalue weighted by atomic mass is 19.3. The van der Waals surface area contributed by atoms with Gasteiger partial charge >= 0.3 is 6.61 Å². The first-order valence-electron chi connectivity index (χ1n) is 5.45. The summed E-state index contributed by atoms with van der Waals surface area (Å²) in [5.41, 5.74) is 0.373. The number of halogens is 2. The van der Waals surface area contributed by atoms with Crippen molar-refractivity contribution in [1.82, 2.24) is 0 Å². The van der Waals surface area contributed by atoms with Gasteiger partial charge in [0.25, 0.3) is 0 Å². The Balaban J connectivity index is 3.13. The first kappa shape index (κ1) is 14.9. The predicted molar refractivity (Wildman–Crippen MR) is 64.9 cm³/mol. The fourth-order valence-corrected chi connectivity index (χ4v) is 1.45. The summed E-state index contributed by atoms with van der Waals surface area (Å²) in [6, 6.07) is 4.21. The lowest BCUT2D eigenvalue weighted by Gasteiger charge is -2.10. The fourth-order valence-electron chi connectivity index (χ4n) is 1.45. The lowest BCUT2D eigenvalue weighted by molar-refractivity contribution is -0.425. The predicted octanol–water partition coefficient (Wildman–Crippen LogP) is 3.32. The van der Waals surface area contributed by atoms with Gasteiger partial charge < -0.3 is 9.47 Å². The SMILES string of the molecule is CCC(=Cc1ccc(OC)c(OC(F)F)c1)[N+](=O)[O-]. The van der Waals surface area contributed by atoms with Crippen molar-refractivity contribution < 1.29 is 23.2 Å². The van der Waals surface area contributed by atoms with Crippen LogP contribution in [0.2, 0.25) is 0 Å². The molecule has 0 atom stereocenters. The number of benzene rings is 1. The van der Waals surface area contributed by atoms with E-state index in [9.17, 15) is 18.9 Å². The summed E-state index contributed by atoms with van der Waals surface area (Å²) in [4.78, 5) is 10.2. The zero-order chi connectivity index (χ0) is 14.4. The molecule has 0 aliphatic heterocycles. The number of methoxy groups -OCH3 is 1. The Morgan fingerprint density at radius 1 is 1.47 bits per heavy atom. The maximum absolute atomic E-state index is 12.2. The molecule has 5 nitrogen and oxygen atoms in total. The molecule has 0 heterocycles. The number of nitrogens with zero attached hydrogens (tertiary/aromatic N) is 1. The van der Waals surface area contributed by atoms with Crippen LogP contribution in [0, 0.1) is 10.1 Å². The Morgan fingerprint density at radius 2 is 2.16 bits per heavy atom. The maximum Gasteiger partial charge on any atom is 0.387 e. The van der Waals surface area contributed by atoms with Crippen LogP contribution < -0.4 is 9.47 Å². The van der Waals surface area contributed by atoms with E-state index in [-0.39, 0.29) is 23.6 Å². The molecular weight excluding hydrogens is 260 g/mol. The Hall–Kier alpha value is -2.18. The van der Waals surface area contributed by atoms with E-state index in [0.717, 1.165) is 0 Å². The number of alkyl halides is 2. The Labute approximate surface area is 108 Å². The van der Waals surface area contributed by atoms with Crippen molar-refractivity contribution in [2.24, 2.45) is 0 Å². The van der Waals surface area contributed by atoms with Gasteiger partial charge in [-0.05, 0) is 17.7 Å². The maximum atomic E-state index is 12.2. The van der Waals surface area contributed by atoms with Crippen LogP contribution >= 0.6 is 0 Å². The molecule has 0 unspecified atom stereocenters. The molecule has 0 amide bonds. The molecule has 1 rings (SSSR count). The molecule has 0 bridgehead atoms. The average molecular weight is 273 g/mol. The number of hydrogen-bond donors (Lipinski definition) is 0. The van der Waals surface area contributed by atoms with Crippen LogP contribution in [0.25, 0.3) is 6.08 Å². The van der Waals surface area contributed by atoms with E-state index in [0.29, 0.717) is 5.56 Å². The van der Waals surface area contributed by atoms with E-state index in [4.69, 9.17) is 4.74 Å². The zero-order valence-electron chi connectivity index (χ0n) is 10.4. The van der Waals surface area contributed by atoms with Gasteiger partial charge in [0, 0.05) is 12.5 Å². The highest BCUT2D eigenvalue weighted by Crippen LogP contribution is 2.30. The van der Waals surface area contributed by atoms with E-state index in [2.05, 4.69) is 4.74 Å². The van der Waals surface area contributed by atoms with Gasteiger partial charge in [-0.3, -0.25) is 10.1 Å². The standard InChI is InChI=1S/C12H13F2NO4/c1-3-9(15(16)17)6-8-4-5-10(18-2)11(7-8)19-12(13)14/h4-7,12H,3H2,1-2H3. The van der Waals surface area contributed by atoms with Gasteiger partial charge in [0.2, 0.25) is 5.70 Å². The third-order valence-electron chi connectivity index (χ3n) is 2.33. The van der Waals surface area contributed by atoms with E-state index in [1.54, 1.807) is 6.92 Å². The van der Waals surface area contributed by atoms with E-state index >= 15 is 0 Å². The van der Waals surface area contributed by atoms with Crippen LogP contribution in [0.15, 0.2) is 23.9 Å². The third kappa shape index (κ3) is 4.20. The van der Waals surface area contributed by atoms with E-state index in [1.807, 2.05) is 0 Å². The highest BCUT2D eigenvalue weighted by molar-refractivity contribution is 5.57. The van der Waals surface area contributed by atoms with Crippen molar-refractivity contribution in [3.8, 4) is 11.5 Å². The Morgan fingerprint density at radius 3 is 2.63 bits per heavy atom. The molecule has 0 radical (unpaired) electrons. The summed E-state index contributed by atoms with van der Waals surface area (Å²) in [7, 11) is 1.32. The third-order valence-corrected chi connectivity index (χ3v) is 2.33. The normalized spacial score (nSPS) is 11.5. The number of ether oxygens (including phenoxy) is 2. The summed E-state index contributed by atoms with van der Waals surface area (Å²) in [6.07, 6.45) is 1.53. The molecule has 0 aromatic heterocycles. The first-order chi connectivity index (χ1) is 8.97. The highest BCUT2D eigenvalue weighted by Gasteiger charge is 2.12. The van der Waals surface area contributed by atoms with Crippen molar-refractivity contribution in [1.29, 1.82) is 0 Å². The second-order valence-electron chi connectivity index (χ2n) is 3.54. The van der Waals surface area contributed by atoms with Crippen molar-refractivity contribution in [2.75, 3.05) is 7.11 Å². The summed E-state index contributed by atoms with van der Waals surface area (Å²) in [6.45, 7) is -1.36. The minimum absolute atomic E-state index is 0.0202. The molecule has 0 aliphatic rings. The minimum atomic E-state index is -2.99. The number of nitro groups is 1. The molecule has 19 heavy (non-hydrogen) atoms. The lowest BCUT2D eigenvalue weighted by Crippen LogP contribution is -2.04. The molecule has 0 spiro atoms. The molecular formula is C12H13F2NO4. The van der Waals surface area contributed by atoms with Gasteiger partial charge in [0.1, 0.15) is 0 Å². The van der Waals surface area contributed by atoms with Crippen LogP contribution in [0.5, 0.6) is 11.5 Å². The van der Waals surface area contributed by atoms with Gasteiger partial charge in [0.05, 0.1) is 12.0 Å². The summed E-state index contributed by atoms with van der Waals surface area (Å²) in [5.74, 6) is -0.0262. The largest absolute Gasteiger partial charge is 0.493 e. The smallest absolute Gasteiger partial charge is 0.387 e. The van der Waals surface area contributed by atoms with E-state index < -0.39 is 11.5 Å². The lowest BCUT2D eigenvalue weighted by atomic mass is 10.1. The quantitative estimate of drug-likeness (QED) is 0.589. The van der Waals surface area contributed by atoms with Gasteiger partial charge in [0.15, 0.2) is 11.5 Å². The van der Waals surface area contributed by atoms with Crippen LogP contribution in [0.4, 0.5) is 8.78 Å². The van der Waals surface area contributed by atoms with Gasteiger partial charge in [-0.15, -0.1) is 0 Å². The summed E-state index contributed by atoms with van der Waals surface area (Å²) in [5, 5.41) is 10.7. The molecule has 104 valence electrons. The molecule has 0 aliphatic carbocycles. The Kier molecular flexibility index (Phi) is 5.23. The van der Waals surface area contributed by atoms with Gasteiger partial charge in [-0.2, -0.15) is 8.78 Å². The van der Waals surface area contributed by atoms with Crippen molar-refractivity contribution in [2.45, 2.75) is 20.0 Å². The van der Waals surface area contributed by atoms with Gasteiger partial charge in [-0.25, -0.2) is 0 Å². The number of allylic oxidation sites excluding steroid dienone is 1. The first-order valence-corrected chi connectivity index (χ1v) is 5.45. The molecule has 0 saturated heterocycles. The van der Waals surface area contributed by atoms with Crippen LogP contribution in [0.3, 0.4) is 0 Å². The van der Waals surface area contributed by atoms with Crippen LogP contribution in [-0.2, 0) is 0 Å². The Bertz CT molecular complexity index is 489. The average Bonchev–Trinajstić information content (AvgIpc) is 2.35. The monoisotopic (exact) mass is 273 g/mol. The molecule has 1 aromatic carbocycles.